The lowest BCUT2D eigenvalue weighted by atomic mass is 9.87. The summed E-state index contributed by atoms with van der Waals surface area (Å²) in [6.07, 6.45) is 0.670. The number of carbonyl (C=O) groups is 1. The molecule has 1 atom stereocenters. The van der Waals surface area contributed by atoms with Gasteiger partial charge in [0.25, 0.3) is 0 Å². The summed E-state index contributed by atoms with van der Waals surface area (Å²) in [5.74, 6) is -0.791. The summed E-state index contributed by atoms with van der Waals surface area (Å²) < 4.78 is 0. The Morgan fingerprint density at radius 1 is 1.11 bits per heavy atom. The molecule has 18 heavy (non-hydrogen) atoms. The highest BCUT2D eigenvalue weighted by molar-refractivity contribution is 5.90. The molecule has 0 spiro atoms. The molecule has 0 aromatic heterocycles. The Labute approximate surface area is 107 Å². The maximum Gasteiger partial charge on any atom is 0.311 e. The van der Waals surface area contributed by atoms with Crippen LogP contribution in [-0.2, 0) is 4.79 Å². The molecule has 2 aromatic rings. The second kappa shape index (κ2) is 5.21. The van der Waals surface area contributed by atoms with Crippen molar-refractivity contribution in [2.45, 2.75) is 26.2 Å². The predicted octanol–water partition coefficient (Wildman–Crippen LogP) is 4.05. The highest BCUT2D eigenvalue weighted by Crippen LogP contribution is 2.30. The first-order chi connectivity index (χ1) is 8.59. The molecule has 0 fully saturated rings. The lowest BCUT2D eigenvalue weighted by Gasteiger charge is -2.17. The van der Waals surface area contributed by atoms with Crippen molar-refractivity contribution in [1.82, 2.24) is 0 Å². The van der Waals surface area contributed by atoms with E-state index in [1.165, 1.54) is 0 Å². The van der Waals surface area contributed by atoms with E-state index in [-0.39, 0.29) is 0 Å². The first kappa shape index (κ1) is 12.6. The molecule has 1 N–H and O–H groups in total. The van der Waals surface area contributed by atoms with Gasteiger partial charge in [0.15, 0.2) is 0 Å². The van der Waals surface area contributed by atoms with Crippen molar-refractivity contribution in [3.8, 4) is 0 Å². The number of benzene rings is 2. The van der Waals surface area contributed by atoms with E-state index in [0.29, 0.717) is 12.3 Å². The lowest BCUT2D eigenvalue weighted by molar-refractivity contribution is -0.139. The smallest absolute Gasteiger partial charge is 0.311 e. The molecule has 0 aliphatic heterocycles. The van der Waals surface area contributed by atoms with Crippen molar-refractivity contribution in [2.24, 2.45) is 5.92 Å². The zero-order chi connectivity index (χ0) is 13.1. The fraction of sp³-hybridized carbons (Fsp3) is 0.312. The fourth-order valence-electron chi connectivity index (χ4n) is 2.39. The minimum Gasteiger partial charge on any atom is -0.481 e. The molecule has 1 unspecified atom stereocenters. The van der Waals surface area contributed by atoms with E-state index in [1.807, 2.05) is 42.5 Å². The van der Waals surface area contributed by atoms with Gasteiger partial charge in [-0.3, -0.25) is 4.79 Å². The van der Waals surface area contributed by atoms with Crippen molar-refractivity contribution in [1.29, 1.82) is 0 Å². The van der Waals surface area contributed by atoms with Crippen LogP contribution in [0.2, 0.25) is 0 Å². The molecule has 0 aliphatic rings. The summed E-state index contributed by atoms with van der Waals surface area (Å²) >= 11 is 0. The maximum absolute atomic E-state index is 11.5. The molecule has 0 saturated carbocycles. The largest absolute Gasteiger partial charge is 0.481 e. The number of carboxylic acids is 1. The van der Waals surface area contributed by atoms with Crippen molar-refractivity contribution < 1.29 is 9.90 Å². The monoisotopic (exact) mass is 242 g/mol. The molecule has 2 nitrogen and oxygen atoms in total. The van der Waals surface area contributed by atoms with Gasteiger partial charge in [-0.15, -0.1) is 0 Å². The molecule has 0 aliphatic carbocycles. The zero-order valence-electron chi connectivity index (χ0n) is 10.8. The summed E-state index contributed by atoms with van der Waals surface area (Å²) in [6.45, 7) is 4.11. The average molecular weight is 242 g/mol. The van der Waals surface area contributed by atoms with Gasteiger partial charge in [-0.1, -0.05) is 56.3 Å². The minimum absolute atomic E-state index is 0.366. The van der Waals surface area contributed by atoms with E-state index in [4.69, 9.17) is 0 Å². The topological polar surface area (TPSA) is 37.3 Å². The fourth-order valence-corrected chi connectivity index (χ4v) is 2.39. The SMILES string of the molecule is CC(C)CC(C(=O)O)c1cccc2ccccc12. The standard InChI is InChI=1S/C16H18O2/c1-11(2)10-15(16(17)18)14-9-5-7-12-6-3-4-8-13(12)14/h3-9,11,15H,10H2,1-2H3,(H,17,18). The molecular weight excluding hydrogens is 224 g/mol. The van der Waals surface area contributed by atoms with Crippen LogP contribution in [0.25, 0.3) is 10.8 Å². The number of fused-ring (bicyclic) bond motifs is 1. The summed E-state index contributed by atoms with van der Waals surface area (Å²) in [6, 6.07) is 13.9. The summed E-state index contributed by atoms with van der Waals surface area (Å²) in [5, 5.41) is 11.6. The Morgan fingerprint density at radius 2 is 1.78 bits per heavy atom. The van der Waals surface area contributed by atoms with Crippen molar-refractivity contribution in [3.05, 3.63) is 48.0 Å². The van der Waals surface area contributed by atoms with Gasteiger partial charge in [-0.2, -0.15) is 0 Å². The van der Waals surface area contributed by atoms with Crippen LogP contribution in [0, 0.1) is 5.92 Å². The molecule has 0 radical (unpaired) electrons. The van der Waals surface area contributed by atoms with Crippen LogP contribution in [0.4, 0.5) is 0 Å². The molecule has 0 bridgehead atoms. The maximum atomic E-state index is 11.5. The lowest BCUT2D eigenvalue weighted by Crippen LogP contribution is -2.14. The van der Waals surface area contributed by atoms with E-state index < -0.39 is 11.9 Å². The van der Waals surface area contributed by atoms with Gasteiger partial charge in [0.1, 0.15) is 0 Å². The average Bonchev–Trinajstić information content (AvgIpc) is 2.35. The number of rotatable bonds is 4. The Hall–Kier alpha value is -1.83. The zero-order valence-corrected chi connectivity index (χ0v) is 10.8. The minimum atomic E-state index is -0.736. The van der Waals surface area contributed by atoms with Crippen molar-refractivity contribution >= 4 is 16.7 Å². The third-order valence-electron chi connectivity index (χ3n) is 3.20. The van der Waals surface area contributed by atoms with Crippen molar-refractivity contribution in [2.75, 3.05) is 0 Å². The second-order valence-electron chi connectivity index (χ2n) is 5.09. The van der Waals surface area contributed by atoms with E-state index in [0.717, 1.165) is 16.3 Å². The van der Waals surface area contributed by atoms with Gasteiger partial charge < -0.3 is 5.11 Å². The third kappa shape index (κ3) is 2.53. The summed E-state index contributed by atoms with van der Waals surface area (Å²) in [5.41, 5.74) is 0.925. The third-order valence-corrected chi connectivity index (χ3v) is 3.20. The van der Waals surface area contributed by atoms with Crippen LogP contribution >= 0.6 is 0 Å². The van der Waals surface area contributed by atoms with Crippen LogP contribution in [0.3, 0.4) is 0 Å². The van der Waals surface area contributed by atoms with Crippen LogP contribution in [0.1, 0.15) is 31.7 Å². The Balaban J connectivity index is 2.53. The Morgan fingerprint density at radius 3 is 2.44 bits per heavy atom. The van der Waals surface area contributed by atoms with Crippen LogP contribution in [0.5, 0.6) is 0 Å². The van der Waals surface area contributed by atoms with Gasteiger partial charge in [0.2, 0.25) is 0 Å². The van der Waals surface area contributed by atoms with Crippen LogP contribution in [-0.4, -0.2) is 11.1 Å². The van der Waals surface area contributed by atoms with E-state index in [1.54, 1.807) is 0 Å². The van der Waals surface area contributed by atoms with Crippen LogP contribution in [0.15, 0.2) is 42.5 Å². The number of carboxylic acid groups (broad SMARTS) is 1. The molecule has 2 rings (SSSR count). The summed E-state index contributed by atoms with van der Waals surface area (Å²) in [4.78, 5) is 11.5. The van der Waals surface area contributed by atoms with Gasteiger partial charge >= 0.3 is 5.97 Å². The molecule has 2 heteroatoms. The van der Waals surface area contributed by atoms with E-state index in [9.17, 15) is 9.90 Å². The highest BCUT2D eigenvalue weighted by Gasteiger charge is 2.22. The molecule has 0 heterocycles. The van der Waals surface area contributed by atoms with Gasteiger partial charge in [0, 0.05) is 0 Å². The van der Waals surface area contributed by atoms with Gasteiger partial charge in [-0.25, -0.2) is 0 Å². The number of hydrogen-bond donors (Lipinski definition) is 1. The first-order valence-corrected chi connectivity index (χ1v) is 6.30. The van der Waals surface area contributed by atoms with Gasteiger partial charge in [0.05, 0.1) is 5.92 Å². The van der Waals surface area contributed by atoms with Crippen LogP contribution < -0.4 is 0 Å². The molecule has 2 aromatic carbocycles. The Kier molecular flexibility index (Phi) is 3.66. The first-order valence-electron chi connectivity index (χ1n) is 6.30. The van der Waals surface area contributed by atoms with Crippen molar-refractivity contribution in [3.63, 3.8) is 0 Å². The molecular formula is C16H18O2. The number of aliphatic carboxylic acids is 1. The number of hydrogen-bond acceptors (Lipinski definition) is 1. The highest BCUT2D eigenvalue weighted by atomic mass is 16.4. The van der Waals surface area contributed by atoms with Gasteiger partial charge in [-0.05, 0) is 28.7 Å². The van der Waals surface area contributed by atoms with E-state index in [2.05, 4.69) is 13.8 Å². The molecule has 94 valence electrons. The quantitative estimate of drug-likeness (QED) is 0.878. The second-order valence-corrected chi connectivity index (χ2v) is 5.09. The van der Waals surface area contributed by atoms with E-state index >= 15 is 0 Å². The predicted molar refractivity (Wildman–Crippen MR) is 73.8 cm³/mol. The molecule has 0 saturated heterocycles. The normalized spacial score (nSPS) is 12.8. The molecule has 0 amide bonds. The summed E-state index contributed by atoms with van der Waals surface area (Å²) in [7, 11) is 0. The Bertz CT molecular complexity index is 553.